The predicted octanol–water partition coefficient (Wildman–Crippen LogP) is 2.35. The fraction of sp³-hybridized carbons (Fsp3) is 0.571. The number of piperidine rings is 1. The SMILES string of the molecule is O=C(c1ccc2nccnc2c1)N1C[C@H]2CC[C@@H]1CN(C1CCOCC1)C2. The third kappa shape index (κ3) is 3.32. The van der Waals surface area contributed by atoms with Crippen LogP contribution in [0.25, 0.3) is 11.0 Å². The van der Waals surface area contributed by atoms with Crippen LogP contribution in [0, 0.1) is 5.92 Å². The Morgan fingerprint density at radius 2 is 1.74 bits per heavy atom. The van der Waals surface area contributed by atoms with Gasteiger partial charge in [-0.1, -0.05) is 0 Å². The number of hydrogen-bond donors (Lipinski definition) is 0. The number of amides is 1. The summed E-state index contributed by atoms with van der Waals surface area (Å²) in [6.45, 7) is 4.74. The van der Waals surface area contributed by atoms with Gasteiger partial charge >= 0.3 is 0 Å². The van der Waals surface area contributed by atoms with Crippen LogP contribution in [-0.2, 0) is 4.74 Å². The normalized spacial score (nSPS) is 27.0. The van der Waals surface area contributed by atoms with E-state index in [0.29, 0.717) is 18.0 Å². The fourth-order valence-corrected chi connectivity index (χ4v) is 4.98. The highest BCUT2D eigenvalue weighted by atomic mass is 16.5. The van der Waals surface area contributed by atoms with E-state index in [0.717, 1.165) is 68.7 Å². The number of benzene rings is 1. The second kappa shape index (κ2) is 7.17. The van der Waals surface area contributed by atoms with Crippen LogP contribution >= 0.6 is 0 Å². The van der Waals surface area contributed by atoms with E-state index in [9.17, 15) is 4.79 Å². The molecule has 6 nitrogen and oxygen atoms in total. The zero-order valence-corrected chi connectivity index (χ0v) is 15.6. The molecular weight excluding hydrogens is 340 g/mol. The summed E-state index contributed by atoms with van der Waals surface area (Å²) in [5.41, 5.74) is 2.34. The molecule has 5 heterocycles. The van der Waals surface area contributed by atoms with E-state index < -0.39 is 0 Å². The maximum Gasteiger partial charge on any atom is 0.254 e. The van der Waals surface area contributed by atoms with E-state index in [-0.39, 0.29) is 5.91 Å². The molecule has 27 heavy (non-hydrogen) atoms. The second-order valence-electron chi connectivity index (χ2n) is 8.11. The van der Waals surface area contributed by atoms with Gasteiger partial charge in [0.2, 0.25) is 0 Å². The Morgan fingerprint density at radius 3 is 2.59 bits per heavy atom. The number of fused-ring (bicyclic) bond motifs is 5. The van der Waals surface area contributed by atoms with E-state index in [2.05, 4.69) is 19.8 Å². The summed E-state index contributed by atoms with van der Waals surface area (Å²) < 4.78 is 5.54. The van der Waals surface area contributed by atoms with Crippen LogP contribution in [0.3, 0.4) is 0 Å². The summed E-state index contributed by atoms with van der Waals surface area (Å²) in [7, 11) is 0. The lowest BCUT2D eigenvalue weighted by Gasteiger charge is -2.37. The third-order valence-corrected chi connectivity index (χ3v) is 6.43. The molecule has 0 aliphatic carbocycles. The number of aromatic nitrogens is 2. The molecular formula is C21H26N4O2. The molecule has 2 aromatic rings. The molecule has 4 aliphatic heterocycles. The first-order chi connectivity index (χ1) is 13.3. The number of nitrogens with zero attached hydrogens (tertiary/aromatic N) is 4. The average molecular weight is 366 g/mol. The first-order valence-corrected chi connectivity index (χ1v) is 10.1. The monoisotopic (exact) mass is 366 g/mol. The van der Waals surface area contributed by atoms with Crippen LogP contribution in [0.15, 0.2) is 30.6 Å². The molecule has 1 aromatic carbocycles. The molecule has 2 bridgehead atoms. The van der Waals surface area contributed by atoms with Gasteiger partial charge in [-0.05, 0) is 49.8 Å². The smallest absolute Gasteiger partial charge is 0.254 e. The predicted molar refractivity (Wildman–Crippen MR) is 103 cm³/mol. The quantitative estimate of drug-likeness (QED) is 0.817. The molecule has 4 aliphatic rings. The lowest BCUT2D eigenvalue weighted by atomic mass is 9.94. The minimum absolute atomic E-state index is 0.145. The Hall–Kier alpha value is -2.05. The third-order valence-electron chi connectivity index (χ3n) is 6.43. The highest BCUT2D eigenvalue weighted by Gasteiger charge is 2.39. The Kier molecular flexibility index (Phi) is 4.53. The Bertz CT molecular complexity index is 836. The standard InChI is InChI=1S/C21H26N4O2/c26-21(16-2-4-19-20(11-16)23-8-7-22-19)25-13-15-1-3-18(25)14-24(12-15)17-5-9-27-10-6-17/h2,4,7-8,11,15,17-18H,1,3,5-6,9-10,12-14H2/t15-,18+/m0/s1. The Labute approximate surface area is 159 Å². The van der Waals surface area contributed by atoms with Crippen LogP contribution in [0.2, 0.25) is 0 Å². The molecule has 4 fully saturated rings. The molecule has 0 N–H and O–H groups in total. The summed E-state index contributed by atoms with van der Waals surface area (Å²) >= 11 is 0. The molecule has 6 heteroatoms. The summed E-state index contributed by atoms with van der Waals surface area (Å²) in [6.07, 6.45) is 7.95. The molecule has 1 amide bonds. The molecule has 0 radical (unpaired) electrons. The van der Waals surface area contributed by atoms with Crippen molar-refractivity contribution >= 4 is 16.9 Å². The summed E-state index contributed by atoms with van der Waals surface area (Å²) in [4.78, 5) is 26.7. The molecule has 0 saturated carbocycles. The van der Waals surface area contributed by atoms with Crippen molar-refractivity contribution in [2.75, 3.05) is 32.8 Å². The van der Waals surface area contributed by atoms with Gasteiger partial charge in [0.05, 0.1) is 11.0 Å². The van der Waals surface area contributed by atoms with Crippen molar-refractivity contribution in [2.24, 2.45) is 5.92 Å². The molecule has 0 unspecified atom stereocenters. The number of ether oxygens (including phenoxy) is 1. The fourth-order valence-electron chi connectivity index (χ4n) is 4.98. The van der Waals surface area contributed by atoms with E-state index >= 15 is 0 Å². The van der Waals surface area contributed by atoms with Gasteiger partial charge in [0.25, 0.3) is 5.91 Å². The van der Waals surface area contributed by atoms with Crippen LogP contribution in [0.5, 0.6) is 0 Å². The zero-order chi connectivity index (χ0) is 18.2. The second-order valence-corrected chi connectivity index (χ2v) is 8.11. The lowest BCUT2D eigenvalue weighted by Crippen LogP contribution is -2.48. The van der Waals surface area contributed by atoms with Crippen molar-refractivity contribution in [1.29, 1.82) is 0 Å². The Balaban J connectivity index is 1.37. The summed E-state index contributed by atoms with van der Waals surface area (Å²) in [5.74, 6) is 0.724. The number of carbonyl (C=O) groups excluding carboxylic acids is 1. The van der Waals surface area contributed by atoms with Crippen molar-refractivity contribution in [1.82, 2.24) is 19.8 Å². The Morgan fingerprint density at radius 1 is 0.926 bits per heavy atom. The minimum Gasteiger partial charge on any atom is -0.381 e. The number of hydrogen-bond acceptors (Lipinski definition) is 5. The minimum atomic E-state index is 0.145. The van der Waals surface area contributed by atoms with Crippen LogP contribution in [0.4, 0.5) is 0 Å². The molecule has 1 aromatic heterocycles. The highest BCUT2D eigenvalue weighted by Crippen LogP contribution is 2.32. The van der Waals surface area contributed by atoms with Crippen molar-refractivity contribution in [3.8, 4) is 0 Å². The van der Waals surface area contributed by atoms with Crippen LogP contribution in [0.1, 0.15) is 36.0 Å². The van der Waals surface area contributed by atoms with Gasteiger partial charge in [-0.25, -0.2) is 0 Å². The van der Waals surface area contributed by atoms with Crippen molar-refractivity contribution in [3.05, 3.63) is 36.2 Å². The molecule has 0 spiro atoms. The largest absolute Gasteiger partial charge is 0.381 e. The lowest BCUT2D eigenvalue weighted by molar-refractivity contribution is 0.0304. The van der Waals surface area contributed by atoms with E-state index in [1.165, 1.54) is 6.42 Å². The van der Waals surface area contributed by atoms with Gasteiger partial charge in [-0.2, -0.15) is 0 Å². The van der Waals surface area contributed by atoms with Gasteiger partial charge in [-0.3, -0.25) is 19.7 Å². The number of carbonyl (C=O) groups is 1. The van der Waals surface area contributed by atoms with Gasteiger partial charge < -0.3 is 9.64 Å². The topological polar surface area (TPSA) is 58.6 Å². The molecule has 142 valence electrons. The van der Waals surface area contributed by atoms with Crippen LogP contribution in [-0.4, -0.2) is 70.6 Å². The highest BCUT2D eigenvalue weighted by molar-refractivity contribution is 5.97. The van der Waals surface area contributed by atoms with Crippen molar-refractivity contribution in [3.63, 3.8) is 0 Å². The van der Waals surface area contributed by atoms with Gasteiger partial charge in [0.15, 0.2) is 0 Å². The van der Waals surface area contributed by atoms with E-state index in [1.807, 2.05) is 18.2 Å². The van der Waals surface area contributed by atoms with E-state index in [1.54, 1.807) is 12.4 Å². The zero-order valence-electron chi connectivity index (χ0n) is 15.6. The maximum atomic E-state index is 13.3. The van der Waals surface area contributed by atoms with Gasteiger partial charge in [0.1, 0.15) is 0 Å². The first-order valence-electron chi connectivity index (χ1n) is 10.1. The van der Waals surface area contributed by atoms with Gasteiger partial charge in [-0.15, -0.1) is 0 Å². The average Bonchev–Trinajstić information content (AvgIpc) is 3.06. The number of rotatable bonds is 2. The van der Waals surface area contributed by atoms with Gasteiger partial charge in [0, 0.05) is 62.9 Å². The summed E-state index contributed by atoms with van der Waals surface area (Å²) in [5, 5.41) is 0. The van der Waals surface area contributed by atoms with Crippen molar-refractivity contribution < 1.29 is 9.53 Å². The summed E-state index contributed by atoms with van der Waals surface area (Å²) in [6, 6.07) is 6.62. The molecule has 4 saturated heterocycles. The van der Waals surface area contributed by atoms with E-state index in [4.69, 9.17) is 4.74 Å². The van der Waals surface area contributed by atoms with Crippen LogP contribution < -0.4 is 0 Å². The first kappa shape index (κ1) is 17.1. The molecule has 6 rings (SSSR count). The van der Waals surface area contributed by atoms with Crippen molar-refractivity contribution in [2.45, 2.75) is 37.8 Å². The maximum absolute atomic E-state index is 13.3. The molecule has 2 atom stereocenters.